The maximum absolute atomic E-state index is 11.5. The standard InChI is InChI=1S/C9H19NO5S/c1-4-15-8(12)5-6-16(13,14)10-9(2,3)7-11/h10-11H,4-7H2,1-3H3. The molecule has 0 unspecified atom stereocenters. The lowest BCUT2D eigenvalue weighted by Gasteiger charge is -2.22. The topological polar surface area (TPSA) is 92.7 Å². The predicted molar refractivity (Wildman–Crippen MR) is 59.3 cm³/mol. The van der Waals surface area contributed by atoms with Crippen molar-refractivity contribution in [1.29, 1.82) is 0 Å². The van der Waals surface area contributed by atoms with Gasteiger partial charge in [-0.1, -0.05) is 0 Å². The lowest BCUT2D eigenvalue weighted by atomic mass is 10.1. The van der Waals surface area contributed by atoms with Crippen LogP contribution in [0.1, 0.15) is 27.2 Å². The Morgan fingerprint density at radius 2 is 2.00 bits per heavy atom. The Bertz CT molecular complexity index is 323. The Kier molecular flexibility index (Phi) is 5.91. The molecule has 0 aromatic rings. The third-order valence-corrected chi connectivity index (χ3v) is 3.31. The number of hydrogen-bond acceptors (Lipinski definition) is 5. The van der Waals surface area contributed by atoms with E-state index in [-0.39, 0.29) is 25.4 Å². The van der Waals surface area contributed by atoms with Gasteiger partial charge < -0.3 is 9.84 Å². The van der Waals surface area contributed by atoms with Crippen molar-refractivity contribution in [2.45, 2.75) is 32.7 Å². The second-order valence-electron chi connectivity index (χ2n) is 4.02. The molecule has 2 N–H and O–H groups in total. The van der Waals surface area contributed by atoms with Gasteiger partial charge in [0.2, 0.25) is 10.0 Å². The maximum atomic E-state index is 11.5. The highest BCUT2D eigenvalue weighted by Crippen LogP contribution is 2.04. The summed E-state index contributed by atoms with van der Waals surface area (Å²) in [6.07, 6.45) is -0.190. The van der Waals surface area contributed by atoms with Gasteiger partial charge in [-0.15, -0.1) is 0 Å². The fourth-order valence-corrected chi connectivity index (χ4v) is 2.40. The largest absolute Gasteiger partial charge is 0.466 e. The third kappa shape index (κ3) is 6.76. The van der Waals surface area contributed by atoms with Crippen LogP contribution in [0.5, 0.6) is 0 Å². The normalized spacial score (nSPS) is 12.5. The van der Waals surface area contributed by atoms with Crippen LogP contribution >= 0.6 is 0 Å². The van der Waals surface area contributed by atoms with Crippen molar-refractivity contribution in [1.82, 2.24) is 4.72 Å². The molecule has 16 heavy (non-hydrogen) atoms. The number of rotatable bonds is 7. The zero-order chi connectivity index (χ0) is 12.8. The molecule has 0 aliphatic heterocycles. The van der Waals surface area contributed by atoms with Gasteiger partial charge in [0.15, 0.2) is 0 Å². The molecule has 0 saturated carbocycles. The first-order valence-corrected chi connectivity index (χ1v) is 6.66. The predicted octanol–water partition coefficient (Wildman–Crippen LogP) is -0.370. The van der Waals surface area contributed by atoms with Crippen LogP contribution in [0.25, 0.3) is 0 Å². The van der Waals surface area contributed by atoms with Crippen LogP contribution < -0.4 is 4.72 Å². The van der Waals surface area contributed by atoms with Crippen molar-refractivity contribution in [2.24, 2.45) is 0 Å². The molecular weight excluding hydrogens is 234 g/mol. The summed E-state index contributed by atoms with van der Waals surface area (Å²) in [5, 5.41) is 8.90. The molecule has 0 heterocycles. The van der Waals surface area contributed by atoms with Gasteiger partial charge in [0.05, 0.1) is 30.9 Å². The van der Waals surface area contributed by atoms with Gasteiger partial charge in [0.25, 0.3) is 0 Å². The number of carbonyl (C=O) groups is 1. The number of sulfonamides is 1. The fourth-order valence-electron chi connectivity index (χ4n) is 0.955. The van der Waals surface area contributed by atoms with E-state index < -0.39 is 21.5 Å². The van der Waals surface area contributed by atoms with Crippen molar-refractivity contribution in [2.75, 3.05) is 19.0 Å². The first-order valence-electron chi connectivity index (χ1n) is 5.00. The molecule has 7 heteroatoms. The Hall–Kier alpha value is -0.660. The highest BCUT2D eigenvalue weighted by Gasteiger charge is 2.24. The number of esters is 1. The van der Waals surface area contributed by atoms with Crippen LogP contribution in [0.15, 0.2) is 0 Å². The molecular formula is C9H19NO5S. The summed E-state index contributed by atoms with van der Waals surface area (Å²) in [5.41, 5.74) is -0.923. The van der Waals surface area contributed by atoms with E-state index in [2.05, 4.69) is 9.46 Å². The molecule has 0 spiro atoms. The minimum Gasteiger partial charge on any atom is -0.466 e. The highest BCUT2D eigenvalue weighted by atomic mass is 32.2. The van der Waals surface area contributed by atoms with Crippen LogP contribution in [0.2, 0.25) is 0 Å². The van der Waals surface area contributed by atoms with E-state index in [1.54, 1.807) is 20.8 Å². The summed E-state index contributed by atoms with van der Waals surface area (Å²) in [7, 11) is -3.58. The lowest BCUT2D eigenvalue weighted by molar-refractivity contribution is -0.142. The van der Waals surface area contributed by atoms with Crippen molar-refractivity contribution in [3.05, 3.63) is 0 Å². The van der Waals surface area contributed by atoms with Crippen molar-refractivity contribution >= 4 is 16.0 Å². The molecule has 0 rings (SSSR count). The average molecular weight is 253 g/mol. The quantitative estimate of drug-likeness (QED) is 0.604. The van der Waals surface area contributed by atoms with E-state index in [4.69, 9.17) is 5.11 Å². The van der Waals surface area contributed by atoms with E-state index in [1.807, 2.05) is 0 Å². The van der Waals surface area contributed by atoms with E-state index in [0.29, 0.717) is 0 Å². The second kappa shape index (κ2) is 6.17. The Balaban J connectivity index is 4.22. The van der Waals surface area contributed by atoms with Gasteiger partial charge in [-0.25, -0.2) is 13.1 Å². The third-order valence-electron chi connectivity index (χ3n) is 1.71. The lowest BCUT2D eigenvalue weighted by Crippen LogP contribution is -2.47. The molecule has 0 fully saturated rings. The molecule has 0 atom stereocenters. The zero-order valence-electron chi connectivity index (χ0n) is 9.82. The Morgan fingerprint density at radius 3 is 2.44 bits per heavy atom. The summed E-state index contributed by atoms with van der Waals surface area (Å²) >= 11 is 0. The summed E-state index contributed by atoms with van der Waals surface area (Å²) in [5.74, 6) is -0.885. The van der Waals surface area contributed by atoms with Gasteiger partial charge in [-0.3, -0.25) is 4.79 Å². The van der Waals surface area contributed by atoms with Crippen molar-refractivity contribution in [3.63, 3.8) is 0 Å². The molecule has 6 nitrogen and oxygen atoms in total. The molecule has 0 amide bonds. The van der Waals surface area contributed by atoms with E-state index in [9.17, 15) is 13.2 Å². The molecule has 0 aromatic carbocycles. The zero-order valence-corrected chi connectivity index (χ0v) is 10.6. The minimum absolute atomic E-state index is 0.190. The van der Waals surface area contributed by atoms with Crippen molar-refractivity contribution in [3.8, 4) is 0 Å². The summed E-state index contributed by atoms with van der Waals surface area (Å²) < 4.78 is 29.9. The van der Waals surface area contributed by atoms with Crippen LogP contribution in [0, 0.1) is 0 Å². The van der Waals surface area contributed by atoms with Crippen LogP contribution in [-0.2, 0) is 19.6 Å². The monoisotopic (exact) mass is 253 g/mol. The minimum atomic E-state index is -3.58. The molecule has 0 bridgehead atoms. The fraction of sp³-hybridized carbons (Fsp3) is 0.889. The number of aliphatic hydroxyl groups excluding tert-OH is 1. The summed E-state index contributed by atoms with van der Waals surface area (Å²) in [6, 6.07) is 0. The Labute approximate surface area is 96.0 Å². The molecule has 0 saturated heterocycles. The maximum Gasteiger partial charge on any atom is 0.306 e. The molecule has 0 radical (unpaired) electrons. The van der Waals surface area contributed by atoms with Crippen LogP contribution in [0.4, 0.5) is 0 Å². The molecule has 96 valence electrons. The van der Waals surface area contributed by atoms with E-state index in [0.717, 1.165) is 0 Å². The number of ether oxygens (including phenoxy) is 1. The van der Waals surface area contributed by atoms with Gasteiger partial charge >= 0.3 is 5.97 Å². The van der Waals surface area contributed by atoms with Crippen molar-refractivity contribution < 1.29 is 23.1 Å². The first-order chi connectivity index (χ1) is 7.22. The van der Waals surface area contributed by atoms with Crippen LogP contribution in [-0.4, -0.2) is 44.0 Å². The van der Waals surface area contributed by atoms with Crippen LogP contribution in [0.3, 0.4) is 0 Å². The van der Waals surface area contributed by atoms with Gasteiger partial charge in [-0.2, -0.15) is 0 Å². The smallest absolute Gasteiger partial charge is 0.306 e. The number of hydrogen-bond donors (Lipinski definition) is 2. The molecule has 0 aliphatic carbocycles. The average Bonchev–Trinajstić information content (AvgIpc) is 2.14. The Morgan fingerprint density at radius 1 is 1.44 bits per heavy atom. The summed E-state index contributed by atoms with van der Waals surface area (Å²) in [6.45, 7) is 4.67. The summed E-state index contributed by atoms with van der Waals surface area (Å²) in [4.78, 5) is 11.0. The molecule has 0 aromatic heterocycles. The van der Waals surface area contributed by atoms with Gasteiger partial charge in [0.1, 0.15) is 0 Å². The van der Waals surface area contributed by atoms with E-state index >= 15 is 0 Å². The van der Waals surface area contributed by atoms with Gasteiger partial charge in [-0.05, 0) is 20.8 Å². The first kappa shape index (κ1) is 15.3. The number of aliphatic hydroxyl groups is 1. The SMILES string of the molecule is CCOC(=O)CCS(=O)(=O)NC(C)(C)CO. The van der Waals surface area contributed by atoms with Gasteiger partial charge in [0, 0.05) is 0 Å². The molecule has 0 aliphatic rings. The number of carbonyl (C=O) groups excluding carboxylic acids is 1. The second-order valence-corrected chi connectivity index (χ2v) is 5.86. The highest BCUT2D eigenvalue weighted by molar-refractivity contribution is 7.89. The van der Waals surface area contributed by atoms with E-state index in [1.165, 1.54) is 0 Å². The number of nitrogens with one attached hydrogen (secondary N) is 1.